The Kier molecular flexibility index (Phi) is 28.0. The Labute approximate surface area is 484 Å². The van der Waals surface area contributed by atoms with Crippen LogP contribution in [0.1, 0.15) is 221 Å². The molecule has 1 heterocycles. The maximum Gasteiger partial charge on any atom is 0.122 e. The number of para-hydroxylation sites is 1. The van der Waals surface area contributed by atoms with Crippen molar-refractivity contribution in [3.05, 3.63) is 201 Å². The normalized spacial score (nSPS) is 12.0. The Bertz CT molecular complexity index is 2820. The van der Waals surface area contributed by atoms with Crippen LogP contribution < -0.4 is 9.47 Å². The maximum absolute atomic E-state index is 8.68. The van der Waals surface area contributed by atoms with E-state index in [1.54, 1.807) is 14.2 Å². The zero-order chi connectivity index (χ0) is 60.6. The monoisotopic (exact) mass is 1070 g/mol. The number of methoxy groups -OCH3 is 2. The van der Waals surface area contributed by atoms with Gasteiger partial charge in [0.15, 0.2) is 0 Å². The van der Waals surface area contributed by atoms with Crippen molar-refractivity contribution in [2.24, 2.45) is 15.8 Å². The fourth-order valence-corrected chi connectivity index (χ4v) is 8.40. The molecule has 0 saturated carbocycles. The van der Waals surface area contributed by atoms with Crippen LogP contribution in [0.15, 0.2) is 151 Å². The van der Waals surface area contributed by atoms with Crippen LogP contribution in [-0.4, -0.2) is 19.9 Å². The van der Waals surface area contributed by atoms with Crippen LogP contribution in [0.3, 0.4) is 0 Å². The Hall–Kier alpha value is -6.43. The van der Waals surface area contributed by atoms with Gasteiger partial charge in [-0.05, 0) is 127 Å². The first-order valence-corrected chi connectivity index (χ1v) is 28.3. The minimum absolute atomic E-state index is 0.132. The second-order valence-electron chi connectivity index (χ2n) is 27.8. The van der Waals surface area contributed by atoms with E-state index in [1.807, 2.05) is 72.8 Å². The van der Waals surface area contributed by atoms with Crippen molar-refractivity contribution < 1.29 is 9.47 Å². The molecule has 6 aromatic carbocycles. The predicted octanol–water partition coefficient (Wildman–Crippen LogP) is 20.9. The molecular weight excluding hydrogens is 963 g/mol. The Balaban J connectivity index is 0.000000464. The van der Waals surface area contributed by atoms with E-state index in [2.05, 4.69) is 249 Å². The third-order valence-corrected chi connectivity index (χ3v) is 13.0. The van der Waals surface area contributed by atoms with E-state index in [1.165, 1.54) is 63.1 Å². The standard InChI is InChI=1S/C12H15N.2C11H13N.2C11H16O.C11H16.C7H16/c1-12(2,3)11-10-7-5-4-6-9(10)8-13-11;1-11(2,3)10-6-4-9(8-12)5-7-10;1-11(2,3)10-6-4-5-9(7-10)8-12;1-11(2,3)9-5-7-10(12-4)8-6-9;1-11(2,3)9-7-5-6-8-10(9)12-4;1-9-7-5-6-8-10(9)11(2,3)4;1-5-6-7(2,3)4/h4-7H,8H2,1-3H3;2*4-7H,1-3H3;2*5-8H,1-4H3;5-8H,1-4H3;5-6H2,1-4H3. The first kappa shape index (κ1) is 70.6. The summed E-state index contributed by atoms with van der Waals surface area (Å²) < 4.78 is 10.4. The van der Waals surface area contributed by atoms with Crippen LogP contribution in [0.25, 0.3) is 0 Å². The highest BCUT2D eigenvalue weighted by Gasteiger charge is 2.26. The van der Waals surface area contributed by atoms with Crippen LogP contribution in [-0.2, 0) is 33.6 Å². The summed E-state index contributed by atoms with van der Waals surface area (Å²) >= 11 is 0. The van der Waals surface area contributed by atoms with Gasteiger partial charge in [-0.3, -0.25) is 4.99 Å². The fourth-order valence-electron chi connectivity index (χ4n) is 8.40. The van der Waals surface area contributed by atoms with Crippen molar-refractivity contribution in [1.29, 1.82) is 10.5 Å². The van der Waals surface area contributed by atoms with Crippen LogP contribution in [0.2, 0.25) is 0 Å². The SMILES string of the molecule is CC(C)(C)C1=NCc2ccccc21.CC(C)(C)c1ccc(C#N)cc1.CC(C)(C)c1cccc(C#N)c1.CCCC(C)(C)C.COc1ccc(C(C)(C)C)cc1.COc1ccccc1C(C)(C)C.Cc1ccccc1C(C)(C)C. The van der Waals surface area contributed by atoms with Gasteiger partial charge < -0.3 is 9.47 Å². The van der Waals surface area contributed by atoms with Gasteiger partial charge in [-0.1, -0.05) is 262 Å². The Morgan fingerprint density at radius 3 is 1.28 bits per heavy atom. The largest absolute Gasteiger partial charge is 0.497 e. The highest BCUT2D eigenvalue weighted by Crippen LogP contribution is 2.32. The van der Waals surface area contributed by atoms with Gasteiger partial charge in [0, 0.05) is 16.7 Å². The molecule has 1 aliphatic rings. The Morgan fingerprint density at radius 1 is 0.443 bits per heavy atom. The molecule has 6 aromatic rings. The zero-order valence-electron chi connectivity index (χ0n) is 54.1. The van der Waals surface area contributed by atoms with Gasteiger partial charge in [-0.2, -0.15) is 10.5 Å². The average Bonchev–Trinajstić information content (AvgIpc) is 3.82. The van der Waals surface area contributed by atoms with Gasteiger partial charge in [0.25, 0.3) is 0 Å². The van der Waals surface area contributed by atoms with Crippen molar-refractivity contribution in [2.75, 3.05) is 14.2 Å². The molecule has 0 atom stereocenters. The molecule has 0 aromatic heterocycles. The number of nitrogens with zero attached hydrogens (tertiary/aromatic N) is 3. The number of ether oxygens (including phenoxy) is 2. The predicted molar refractivity (Wildman–Crippen MR) is 343 cm³/mol. The van der Waals surface area contributed by atoms with Gasteiger partial charge in [-0.15, -0.1) is 0 Å². The average molecular weight is 1070 g/mol. The van der Waals surface area contributed by atoms with Gasteiger partial charge in [0.2, 0.25) is 0 Å². The second-order valence-corrected chi connectivity index (χ2v) is 27.8. The number of nitriles is 2. The van der Waals surface area contributed by atoms with Crippen molar-refractivity contribution in [3.63, 3.8) is 0 Å². The lowest BCUT2D eigenvalue weighted by atomic mass is 9.84. The first-order chi connectivity index (χ1) is 36.3. The molecule has 0 spiro atoms. The number of aryl methyl sites for hydroxylation is 1. The molecule has 0 amide bonds. The molecule has 0 aliphatic carbocycles. The molecule has 79 heavy (non-hydrogen) atoms. The molecule has 0 bridgehead atoms. The van der Waals surface area contributed by atoms with Gasteiger partial charge in [0.1, 0.15) is 11.5 Å². The lowest BCUT2D eigenvalue weighted by molar-refractivity contribution is 0.373. The van der Waals surface area contributed by atoms with Crippen LogP contribution in [0.5, 0.6) is 11.5 Å². The smallest absolute Gasteiger partial charge is 0.122 e. The molecule has 0 unspecified atom stereocenters. The maximum atomic E-state index is 8.68. The molecule has 1 aliphatic heterocycles. The van der Waals surface area contributed by atoms with Crippen molar-refractivity contribution in [3.8, 4) is 23.6 Å². The van der Waals surface area contributed by atoms with E-state index < -0.39 is 0 Å². The third kappa shape index (κ3) is 26.9. The molecule has 5 nitrogen and oxygen atoms in total. The molecule has 0 fully saturated rings. The Morgan fingerprint density at radius 2 is 0.899 bits per heavy atom. The van der Waals surface area contributed by atoms with Gasteiger partial charge in [0.05, 0.1) is 44.0 Å². The van der Waals surface area contributed by atoms with E-state index in [9.17, 15) is 0 Å². The van der Waals surface area contributed by atoms with Crippen LogP contribution >= 0.6 is 0 Å². The van der Waals surface area contributed by atoms with E-state index in [4.69, 9.17) is 20.0 Å². The number of hydrogen-bond donors (Lipinski definition) is 0. The van der Waals surface area contributed by atoms with E-state index in [-0.39, 0.29) is 32.5 Å². The zero-order valence-corrected chi connectivity index (χ0v) is 54.1. The summed E-state index contributed by atoms with van der Waals surface area (Å²) in [6, 6.07) is 53.2. The summed E-state index contributed by atoms with van der Waals surface area (Å²) in [5.74, 6) is 1.90. The summed E-state index contributed by atoms with van der Waals surface area (Å²) in [6.45, 7) is 51.5. The summed E-state index contributed by atoms with van der Waals surface area (Å²) in [5, 5.41) is 17.3. The van der Waals surface area contributed by atoms with E-state index in [0.29, 0.717) is 5.41 Å². The summed E-state index contributed by atoms with van der Waals surface area (Å²) in [6.07, 6.45) is 2.65. The quantitative estimate of drug-likeness (QED) is 0.177. The van der Waals surface area contributed by atoms with Crippen LogP contribution in [0.4, 0.5) is 0 Å². The topological polar surface area (TPSA) is 78.4 Å². The summed E-state index contributed by atoms with van der Waals surface area (Å²) in [5.41, 5.74) is 15.0. The third-order valence-electron chi connectivity index (χ3n) is 13.0. The van der Waals surface area contributed by atoms with Crippen molar-refractivity contribution in [2.45, 2.75) is 206 Å². The molecule has 0 radical (unpaired) electrons. The lowest BCUT2D eigenvalue weighted by Crippen LogP contribution is -2.19. The molecule has 5 heteroatoms. The number of fused-ring (bicyclic) bond motifs is 1. The first-order valence-electron chi connectivity index (χ1n) is 28.3. The summed E-state index contributed by atoms with van der Waals surface area (Å²) in [4.78, 5) is 4.59. The number of rotatable bonds is 3. The summed E-state index contributed by atoms with van der Waals surface area (Å²) in [7, 11) is 3.40. The molecular formula is C74H105N3O2. The number of hydrogen-bond acceptors (Lipinski definition) is 5. The molecule has 0 saturated heterocycles. The molecule has 7 rings (SSSR count). The van der Waals surface area contributed by atoms with Crippen molar-refractivity contribution in [1.82, 2.24) is 0 Å². The lowest BCUT2D eigenvalue weighted by Gasteiger charge is -2.21. The minimum Gasteiger partial charge on any atom is -0.497 e. The molecule has 428 valence electrons. The number of benzene rings is 6. The highest BCUT2D eigenvalue weighted by atomic mass is 16.5. The van der Waals surface area contributed by atoms with E-state index in [0.717, 1.165) is 29.2 Å². The highest BCUT2D eigenvalue weighted by molar-refractivity contribution is 6.06. The second kappa shape index (κ2) is 31.4. The van der Waals surface area contributed by atoms with Crippen LogP contribution in [0, 0.1) is 40.4 Å². The minimum atomic E-state index is 0.132. The van der Waals surface area contributed by atoms with E-state index >= 15 is 0 Å². The van der Waals surface area contributed by atoms with Crippen molar-refractivity contribution >= 4 is 5.71 Å². The fraction of sp³-hybridized carbons (Fsp3) is 0.473. The van der Waals surface area contributed by atoms with Gasteiger partial charge >= 0.3 is 0 Å². The molecule has 0 N–H and O–H groups in total. The number of aliphatic imine (C=N–C) groups is 1. The van der Waals surface area contributed by atoms with Gasteiger partial charge in [-0.25, -0.2) is 0 Å².